The molecular formula is C20H18N2O3. The Morgan fingerprint density at radius 2 is 1.84 bits per heavy atom. The number of aryl methyl sites for hydroxylation is 1. The Kier molecular flexibility index (Phi) is 4.95. The fourth-order valence-electron chi connectivity index (χ4n) is 2.39. The smallest absolute Gasteiger partial charge is 0.295 e. The van der Waals surface area contributed by atoms with Gasteiger partial charge in [0.15, 0.2) is 0 Å². The maximum absolute atomic E-state index is 12.5. The Morgan fingerprint density at radius 3 is 2.60 bits per heavy atom. The summed E-state index contributed by atoms with van der Waals surface area (Å²) in [4.78, 5) is 30.4. The van der Waals surface area contributed by atoms with Gasteiger partial charge >= 0.3 is 0 Å². The lowest BCUT2D eigenvalue weighted by atomic mass is 10.2. The molecule has 0 spiro atoms. The molecule has 1 N–H and O–H groups in total. The van der Waals surface area contributed by atoms with Crippen LogP contribution >= 0.6 is 0 Å². The first kappa shape index (κ1) is 16.5. The third-order valence-electron chi connectivity index (χ3n) is 3.65. The fraction of sp³-hybridized carbons (Fsp3) is 0.100. The molecule has 0 unspecified atom stereocenters. The van der Waals surface area contributed by atoms with Gasteiger partial charge in [0.25, 0.3) is 11.5 Å². The topological polar surface area (TPSA) is 60.3 Å². The van der Waals surface area contributed by atoms with Gasteiger partial charge in [-0.2, -0.15) is 4.73 Å². The quantitative estimate of drug-likeness (QED) is 0.780. The minimum atomic E-state index is -0.497. The predicted octanol–water partition coefficient (Wildman–Crippen LogP) is 3.04. The highest BCUT2D eigenvalue weighted by atomic mass is 16.7. The molecule has 1 amide bonds. The number of nitrogens with one attached hydrogen (secondary N) is 1. The van der Waals surface area contributed by atoms with Crippen LogP contribution in [0.1, 0.15) is 21.5 Å². The van der Waals surface area contributed by atoms with Crippen LogP contribution in [-0.2, 0) is 6.61 Å². The standard InChI is InChI=1S/C20H18N2O3/c1-15-7-5-10-17(13-15)21-19(23)18-11-6-12-22(20(18)24)25-14-16-8-3-2-4-9-16/h2-13H,14H2,1H3,(H,21,23). The van der Waals surface area contributed by atoms with Crippen LogP contribution in [0.3, 0.4) is 0 Å². The second-order valence-corrected chi connectivity index (χ2v) is 5.64. The van der Waals surface area contributed by atoms with E-state index in [-0.39, 0.29) is 12.2 Å². The molecule has 0 radical (unpaired) electrons. The number of rotatable bonds is 5. The zero-order valence-corrected chi connectivity index (χ0v) is 13.8. The number of anilines is 1. The Morgan fingerprint density at radius 1 is 1.04 bits per heavy atom. The zero-order chi connectivity index (χ0) is 17.6. The molecule has 0 bridgehead atoms. The molecule has 0 fully saturated rings. The predicted molar refractivity (Wildman–Crippen MR) is 96.6 cm³/mol. The molecule has 1 heterocycles. The van der Waals surface area contributed by atoms with Gasteiger partial charge in [-0.1, -0.05) is 42.5 Å². The molecule has 5 heteroatoms. The second kappa shape index (κ2) is 7.49. The maximum Gasteiger partial charge on any atom is 0.295 e. The summed E-state index contributed by atoms with van der Waals surface area (Å²) in [6.07, 6.45) is 1.49. The Balaban J connectivity index is 1.76. The number of pyridine rings is 1. The number of benzene rings is 2. The average Bonchev–Trinajstić information content (AvgIpc) is 2.61. The van der Waals surface area contributed by atoms with Crippen molar-refractivity contribution in [3.8, 4) is 0 Å². The lowest BCUT2D eigenvalue weighted by molar-refractivity contribution is 0.0863. The number of nitrogens with zero attached hydrogens (tertiary/aromatic N) is 1. The molecule has 2 aromatic carbocycles. The highest BCUT2D eigenvalue weighted by Crippen LogP contribution is 2.10. The van der Waals surface area contributed by atoms with Gasteiger partial charge in [-0.25, -0.2) is 0 Å². The van der Waals surface area contributed by atoms with Crippen LogP contribution in [-0.4, -0.2) is 10.6 Å². The van der Waals surface area contributed by atoms with Crippen LogP contribution in [0.5, 0.6) is 0 Å². The molecule has 5 nitrogen and oxygen atoms in total. The third kappa shape index (κ3) is 4.14. The molecule has 0 aliphatic rings. The zero-order valence-electron chi connectivity index (χ0n) is 13.8. The first-order valence-electron chi connectivity index (χ1n) is 7.90. The van der Waals surface area contributed by atoms with Crippen LogP contribution in [0.2, 0.25) is 0 Å². The lowest BCUT2D eigenvalue weighted by Gasteiger charge is -2.10. The molecule has 3 rings (SSSR count). The van der Waals surface area contributed by atoms with E-state index in [2.05, 4.69) is 5.32 Å². The Labute approximate surface area is 145 Å². The van der Waals surface area contributed by atoms with Crippen molar-refractivity contribution in [2.45, 2.75) is 13.5 Å². The first-order valence-corrected chi connectivity index (χ1v) is 7.90. The summed E-state index contributed by atoms with van der Waals surface area (Å²) < 4.78 is 1.08. The van der Waals surface area contributed by atoms with Crippen LogP contribution in [0.15, 0.2) is 77.7 Å². The van der Waals surface area contributed by atoms with Crippen LogP contribution in [0.25, 0.3) is 0 Å². The van der Waals surface area contributed by atoms with Gasteiger partial charge < -0.3 is 10.2 Å². The molecular weight excluding hydrogens is 316 g/mol. The summed E-state index contributed by atoms with van der Waals surface area (Å²) >= 11 is 0. The van der Waals surface area contributed by atoms with Gasteiger partial charge in [-0.15, -0.1) is 0 Å². The molecule has 0 aliphatic heterocycles. The monoisotopic (exact) mass is 334 g/mol. The van der Waals surface area contributed by atoms with Crippen molar-refractivity contribution in [2.24, 2.45) is 0 Å². The number of amides is 1. The van der Waals surface area contributed by atoms with E-state index < -0.39 is 11.5 Å². The Bertz CT molecular complexity index is 933. The number of hydrogen-bond acceptors (Lipinski definition) is 3. The van der Waals surface area contributed by atoms with Gasteiger partial charge in [0.05, 0.1) is 0 Å². The van der Waals surface area contributed by atoms with Gasteiger partial charge in [-0.3, -0.25) is 9.59 Å². The van der Waals surface area contributed by atoms with Crippen LogP contribution < -0.4 is 15.7 Å². The van der Waals surface area contributed by atoms with Crippen molar-refractivity contribution in [3.05, 3.63) is 100.0 Å². The molecule has 0 saturated carbocycles. The molecule has 0 atom stereocenters. The minimum absolute atomic E-state index is 0.0251. The van der Waals surface area contributed by atoms with E-state index in [4.69, 9.17) is 4.84 Å². The summed E-state index contributed by atoms with van der Waals surface area (Å²) in [6.45, 7) is 2.17. The van der Waals surface area contributed by atoms with Gasteiger partial charge in [0.1, 0.15) is 12.2 Å². The third-order valence-corrected chi connectivity index (χ3v) is 3.65. The van der Waals surface area contributed by atoms with Gasteiger partial charge in [0, 0.05) is 11.9 Å². The molecule has 0 aliphatic carbocycles. The van der Waals surface area contributed by atoms with Crippen molar-refractivity contribution in [1.82, 2.24) is 4.73 Å². The van der Waals surface area contributed by atoms with Crippen molar-refractivity contribution >= 4 is 11.6 Å². The lowest BCUT2D eigenvalue weighted by Crippen LogP contribution is -2.32. The molecule has 3 aromatic rings. The number of aromatic nitrogens is 1. The maximum atomic E-state index is 12.5. The largest absolute Gasteiger partial charge is 0.406 e. The van der Waals surface area contributed by atoms with E-state index >= 15 is 0 Å². The Hall–Kier alpha value is -3.34. The number of carbonyl (C=O) groups is 1. The highest BCUT2D eigenvalue weighted by Gasteiger charge is 2.13. The summed E-state index contributed by atoms with van der Waals surface area (Å²) in [5, 5.41) is 2.73. The molecule has 0 saturated heterocycles. The normalized spacial score (nSPS) is 10.3. The van der Waals surface area contributed by atoms with Crippen LogP contribution in [0, 0.1) is 6.92 Å². The number of carbonyl (C=O) groups excluding carboxylic acids is 1. The van der Waals surface area contributed by atoms with E-state index in [1.807, 2.05) is 55.5 Å². The highest BCUT2D eigenvalue weighted by molar-refractivity contribution is 6.03. The molecule has 126 valence electrons. The van der Waals surface area contributed by atoms with E-state index in [0.717, 1.165) is 15.9 Å². The first-order chi connectivity index (χ1) is 12.1. The number of hydrogen-bond donors (Lipinski definition) is 1. The van der Waals surface area contributed by atoms with E-state index in [9.17, 15) is 9.59 Å². The van der Waals surface area contributed by atoms with E-state index in [0.29, 0.717) is 5.69 Å². The van der Waals surface area contributed by atoms with Crippen molar-refractivity contribution in [3.63, 3.8) is 0 Å². The summed E-state index contributed by atoms with van der Waals surface area (Å²) in [5.74, 6) is -0.465. The van der Waals surface area contributed by atoms with Crippen molar-refractivity contribution in [1.29, 1.82) is 0 Å². The summed E-state index contributed by atoms with van der Waals surface area (Å²) in [6, 6.07) is 20.0. The summed E-state index contributed by atoms with van der Waals surface area (Å²) in [5.41, 5.74) is 2.13. The van der Waals surface area contributed by atoms with Crippen molar-refractivity contribution in [2.75, 3.05) is 5.32 Å². The minimum Gasteiger partial charge on any atom is -0.406 e. The molecule has 25 heavy (non-hydrogen) atoms. The summed E-state index contributed by atoms with van der Waals surface area (Å²) in [7, 11) is 0. The SMILES string of the molecule is Cc1cccc(NC(=O)c2cccn(OCc3ccccc3)c2=O)c1. The van der Waals surface area contributed by atoms with Gasteiger partial charge in [-0.05, 0) is 42.3 Å². The fourth-order valence-corrected chi connectivity index (χ4v) is 2.39. The van der Waals surface area contributed by atoms with Crippen molar-refractivity contribution < 1.29 is 9.63 Å². The molecule has 1 aromatic heterocycles. The van der Waals surface area contributed by atoms with E-state index in [1.165, 1.54) is 12.3 Å². The van der Waals surface area contributed by atoms with Crippen LogP contribution in [0.4, 0.5) is 5.69 Å². The second-order valence-electron chi connectivity index (χ2n) is 5.64. The van der Waals surface area contributed by atoms with E-state index in [1.54, 1.807) is 12.1 Å². The average molecular weight is 334 g/mol. The van der Waals surface area contributed by atoms with Gasteiger partial charge in [0.2, 0.25) is 0 Å².